The van der Waals surface area contributed by atoms with E-state index < -0.39 is 52.9 Å². The van der Waals surface area contributed by atoms with Crippen molar-refractivity contribution in [1.29, 1.82) is 0 Å². The Hall–Kier alpha value is -9.91. The van der Waals surface area contributed by atoms with Crippen LogP contribution >= 0.6 is 28.1 Å². The summed E-state index contributed by atoms with van der Waals surface area (Å²) in [5.41, 5.74) is 6.73. The fraction of sp³-hybridized carbons (Fsp3) is 0.439. The van der Waals surface area contributed by atoms with Crippen LogP contribution in [0.15, 0.2) is 129 Å². The van der Waals surface area contributed by atoms with Crippen molar-refractivity contribution in [3.8, 4) is 5.69 Å². The number of nitrogens with one attached hydrogen (secondary N) is 3. The second-order valence-corrected chi connectivity index (χ2v) is 23.2. The second-order valence-electron chi connectivity index (χ2n) is 22.2. The molecule has 0 bridgehead atoms. The van der Waals surface area contributed by atoms with E-state index in [1.165, 1.54) is 18.0 Å². The van der Waals surface area contributed by atoms with Gasteiger partial charge in [-0.15, -0.1) is 0 Å². The Kier molecular flexibility index (Phi) is 47.5. The Balaban J connectivity index is -0.00000107. The summed E-state index contributed by atoms with van der Waals surface area (Å²) < 4.78 is 44.6. The first-order valence-corrected chi connectivity index (χ1v) is 31.0. The molecule has 0 atom stereocenters. The van der Waals surface area contributed by atoms with Gasteiger partial charge in [0.1, 0.15) is 46.5 Å². The van der Waals surface area contributed by atoms with Crippen molar-refractivity contribution in [2.24, 2.45) is 0 Å². The maximum absolute atomic E-state index is 12.2. The molecule has 0 saturated heterocycles. The van der Waals surface area contributed by atoms with Crippen molar-refractivity contribution in [2.45, 2.75) is 148 Å². The summed E-state index contributed by atoms with van der Waals surface area (Å²) in [5, 5.41) is 5.76. The second kappa shape index (κ2) is 50.5. The molecule has 97 heavy (non-hydrogen) atoms. The highest BCUT2D eigenvalue weighted by atomic mass is 79.9. The third-order valence-electron chi connectivity index (χ3n) is 9.20. The van der Waals surface area contributed by atoms with Gasteiger partial charge in [-0.3, -0.25) is 63.7 Å². The van der Waals surface area contributed by atoms with E-state index in [0.29, 0.717) is 59.2 Å². The number of hydrogen-bond acceptors (Lipinski definition) is 26. The fourth-order valence-corrected chi connectivity index (χ4v) is 6.19. The number of carbonyl (C=O) groups is 9. The lowest BCUT2D eigenvalue weighted by Gasteiger charge is -2.26. The molecule has 0 unspecified atom stereocenters. The average Bonchev–Trinajstić information content (AvgIpc) is 1.71. The predicted octanol–water partition coefficient (Wildman–Crippen LogP) is 13.3. The number of H-pyrrole nitrogens is 1. The van der Waals surface area contributed by atoms with E-state index in [-0.39, 0.29) is 44.8 Å². The molecule has 6 aromatic rings. The number of aromatic amines is 1. The number of nitrogens with two attached hydrogens (primary N) is 1. The summed E-state index contributed by atoms with van der Waals surface area (Å²) in [6.45, 7) is 31.3. The molecule has 0 spiro atoms. The number of nitrogens with zero attached hydrogens (tertiary/aromatic N) is 7. The molecule has 2 amide bonds. The van der Waals surface area contributed by atoms with Crippen LogP contribution in [0.25, 0.3) is 5.69 Å². The van der Waals surface area contributed by atoms with E-state index in [1.807, 2.05) is 32.9 Å². The van der Waals surface area contributed by atoms with Gasteiger partial charge >= 0.3 is 42.4 Å². The molecule has 5 N–H and O–H groups in total. The van der Waals surface area contributed by atoms with E-state index in [0.717, 1.165) is 11.4 Å². The third-order valence-corrected chi connectivity index (χ3v) is 9.95. The number of nitrogen functional groups attached to an aromatic ring is 1. The number of pyridine rings is 5. The summed E-state index contributed by atoms with van der Waals surface area (Å²) in [6.07, 6.45) is 14.7. The van der Waals surface area contributed by atoms with Crippen LogP contribution in [-0.2, 0) is 61.8 Å². The van der Waals surface area contributed by atoms with Crippen molar-refractivity contribution in [2.75, 3.05) is 66.1 Å². The van der Waals surface area contributed by atoms with Crippen molar-refractivity contribution >= 4 is 106 Å². The van der Waals surface area contributed by atoms with Gasteiger partial charge in [0, 0.05) is 56.5 Å². The number of hydrogen-bond donors (Lipinski definition) is 4. The molecule has 0 radical (unpaired) electrons. The Morgan fingerprint density at radius 3 is 1.41 bits per heavy atom. The van der Waals surface area contributed by atoms with Crippen molar-refractivity contribution in [1.82, 2.24) is 34.5 Å². The Morgan fingerprint density at radius 1 is 0.598 bits per heavy atom. The van der Waals surface area contributed by atoms with Crippen molar-refractivity contribution < 1.29 is 85.8 Å². The molecule has 6 rings (SSSR count). The first-order chi connectivity index (χ1) is 44.9. The van der Waals surface area contributed by atoms with E-state index in [2.05, 4.69) is 70.7 Å². The standard InChI is InChI=1S/C14H20N2O4.C10H9N3OS.C10H14N2O2.C10H18O5.C9H12N2O2.C5H6N2.C4H7BrO2.C3H6O2.CH4/c1-5-19-12(17)10-16(11-7-6-8-15-9-11)13(18)20-14(2,3)4;1-7(14)9-6-12-10(15)13(9)8-3-2-4-11-5-8;1-10(2,3)14-9(13)12-8-5-4-6-11-7-8;1-9(2,3)14-7(11)13-8(12)15-10(4,5)6;1-2-13-9(12)7-11-8-4-3-5-10-6-8;6-5-2-1-3-7-4-5;1-2-7-4(6)3-5;1-2-5-3-4;/h6-9H,5,10H2,1-4H3;2-6H,1H3,(H,12,15);4-7H,1-3H3,(H,12,13);1-6H3;3-6,11H,2,7H2,1H3;1-4H,6H2;2-3H2,1H3;3H,2H2,1H3;1H4. The van der Waals surface area contributed by atoms with Gasteiger partial charge < -0.3 is 58.7 Å². The zero-order chi connectivity index (χ0) is 73.3. The van der Waals surface area contributed by atoms with Crippen LogP contribution in [0.2, 0.25) is 0 Å². The minimum Gasteiger partial charge on any atom is -0.468 e. The van der Waals surface area contributed by atoms with Crippen LogP contribution in [0, 0.1) is 4.77 Å². The Morgan fingerprint density at radius 2 is 1.05 bits per heavy atom. The molecule has 0 aliphatic carbocycles. The average molecular weight is 1440 g/mol. The first kappa shape index (κ1) is 91.3. The van der Waals surface area contributed by atoms with Crippen LogP contribution < -0.4 is 21.3 Å². The zero-order valence-corrected chi connectivity index (χ0v) is 59.9. The number of aromatic nitrogens is 7. The highest BCUT2D eigenvalue weighted by Gasteiger charge is 2.27. The number of ether oxygens (including phenoxy) is 9. The lowest BCUT2D eigenvalue weighted by molar-refractivity contribution is -0.142. The lowest BCUT2D eigenvalue weighted by atomic mass is 10.2. The highest BCUT2D eigenvalue weighted by Crippen LogP contribution is 2.18. The Labute approximate surface area is 581 Å². The Bertz CT molecular complexity index is 3210. The largest absolute Gasteiger partial charge is 0.519 e. The summed E-state index contributed by atoms with van der Waals surface area (Å²) in [7, 11) is 0. The smallest absolute Gasteiger partial charge is 0.468 e. The number of carbonyl (C=O) groups excluding carboxylic acids is 9. The number of imidazole rings is 1. The molecule has 0 fully saturated rings. The third kappa shape index (κ3) is 51.2. The number of rotatable bonds is 15. The van der Waals surface area contributed by atoms with Crippen molar-refractivity contribution in [3.05, 3.63) is 139 Å². The minimum atomic E-state index is -1.06. The molecule has 0 aliphatic heterocycles. The molecule has 29 nitrogen and oxygen atoms in total. The van der Waals surface area contributed by atoms with Gasteiger partial charge in [0.05, 0.1) is 73.5 Å². The van der Waals surface area contributed by atoms with Gasteiger partial charge in [0.2, 0.25) is 0 Å². The summed E-state index contributed by atoms with van der Waals surface area (Å²) in [4.78, 5) is 122. The van der Waals surface area contributed by atoms with Gasteiger partial charge in [0.25, 0.3) is 6.47 Å². The van der Waals surface area contributed by atoms with E-state index >= 15 is 0 Å². The zero-order valence-electron chi connectivity index (χ0n) is 57.5. The number of amides is 2. The fourth-order valence-electron chi connectivity index (χ4n) is 5.76. The maximum atomic E-state index is 12.2. The van der Waals surface area contributed by atoms with Gasteiger partial charge in [-0.2, -0.15) is 0 Å². The lowest BCUT2D eigenvalue weighted by Crippen LogP contribution is -2.40. The minimum absolute atomic E-state index is 0. The van der Waals surface area contributed by atoms with Crippen molar-refractivity contribution in [3.63, 3.8) is 0 Å². The highest BCUT2D eigenvalue weighted by molar-refractivity contribution is 9.09. The monoisotopic (exact) mass is 1440 g/mol. The number of ketones is 1. The van der Waals surface area contributed by atoms with Crippen LogP contribution in [0.4, 0.5) is 41.9 Å². The molecular weight excluding hydrogens is 1350 g/mol. The van der Waals surface area contributed by atoms with Crippen LogP contribution in [0.5, 0.6) is 0 Å². The van der Waals surface area contributed by atoms with Gasteiger partial charge in [-0.1, -0.05) is 23.4 Å². The normalized spacial score (nSPS) is 10.0. The predicted molar refractivity (Wildman–Crippen MR) is 374 cm³/mol. The number of alkyl halides is 1. The SMILES string of the molecule is C.CC(=O)c1c[nH]c(=S)n1-c1cccnc1.CC(C)(C)OC(=O)Nc1cccnc1.CC(C)(C)OC(=O)OC(=O)OC(C)(C)C.CCOC(=O)CBr.CCOC(=O)CN(C(=O)OC(C)(C)C)c1cccnc1.CCOC(=O)CNc1cccnc1.CCOC=O.Nc1cccnc1. The number of esters is 3. The first-order valence-electron chi connectivity index (χ1n) is 29.5. The van der Waals surface area contributed by atoms with Gasteiger partial charge in [0.15, 0.2) is 10.6 Å². The van der Waals surface area contributed by atoms with Crippen LogP contribution in [0.1, 0.15) is 136 Å². The molecule has 31 heteroatoms. The summed E-state index contributed by atoms with van der Waals surface area (Å²) in [6, 6.07) is 17.7. The quantitative estimate of drug-likeness (QED) is 0.0141. The van der Waals surface area contributed by atoms with E-state index in [1.54, 1.807) is 205 Å². The molecule has 0 aromatic carbocycles. The molecule has 0 aliphatic rings. The molecular formula is C66H96BrN11O18S. The number of anilines is 4. The van der Waals surface area contributed by atoms with Gasteiger partial charge in [-0.05, 0) is 184 Å². The molecule has 6 aromatic heterocycles. The summed E-state index contributed by atoms with van der Waals surface area (Å²) >= 11 is 8.04. The maximum Gasteiger partial charge on any atom is 0.519 e. The molecule has 0 saturated carbocycles. The van der Waals surface area contributed by atoms with Crippen LogP contribution in [-0.4, -0.2) is 156 Å². The molecule has 6 heterocycles. The summed E-state index contributed by atoms with van der Waals surface area (Å²) in [5.74, 6) is -0.998. The number of halogens is 1. The topological polar surface area (TPSA) is 375 Å². The molecule has 536 valence electrons. The number of Topliss-reactive ketones (excluding diaryl/α,β-unsaturated/α-hetero) is 1. The van der Waals surface area contributed by atoms with E-state index in [4.69, 9.17) is 46.4 Å². The van der Waals surface area contributed by atoms with Crippen LogP contribution in [0.3, 0.4) is 0 Å². The van der Waals surface area contributed by atoms with Gasteiger partial charge in [-0.25, -0.2) is 19.2 Å². The van der Waals surface area contributed by atoms with E-state index in [9.17, 15) is 43.2 Å².